The maximum Gasteiger partial charge on any atom is 0.307 e. The molecule has 2 N–H and O–H groups in total. The average Bonchev–Trinajstić information content (AvgIpc) is 3.31. The number of ether oxygens (including phenoxy) is 1. The summed E-state index contributed by atoms with van der Waals surface area (Å²) in [4.78, 5) is 44.5. The van der Waals surface area contributed by atoms with Gasteiger partial charge in [0, 0.05) is 40.3 Å². The third kappa shape index (κ3) is 4.71. The topological polar surface area (TPSA) is 116 Å². The molecule has 0 aliphatic rings. The number of hydrogen-bond acceptors (Lipinski definition) is 5. The number of esters is 1. The summed E-state index contributed by atoms with van der Waals surface area (Å²) < 4.78 is 5.77. The van der Waals surface area contributed by atoms with E-state index < -0.39 is 17.6 Å². The highest BCUT2D eigenvalue weighted by Gasteiger charge is 2.28. The van der Waals surface area contributed by atoms with Gasteiger partial charge in [-0.05, 0) is 43.4 Å². The molecule has 1 unspecified atom stereocenters. The van der Waals surface area contributed by atoms with Gasteiger partial charge in [0.25, 0.3) is 5.56 Å². The van der Waals surface area contributed by atoms with E-state index in [4.69, 9.17) is 4.74 Å². The smallest absolute Gasteiger partial charge is 0.307 e. The van der Waals surface area contributed by atoms with Crippen molar-refractivity contribution in [2.45, 2.75) is 46.1 Å². The van der Waals surface area contributed by atoms with Crippen molar-refractivity contribution in [2.24, 2.45) is 0 Å². The quantitative estimate of drug-likeness (QED) is 0.271. The molecule has 2 aromatic heterocycles. The van der Waals surface area contributed by atoms with Crippen LogP contribution in [0, 0.1) is 25.2 Å². The Morgan fingerprint density at radius 2 is 1.83 bits per heavy atom. The molecular formula is C29H27N3O4. The normalized spacial score (nSPS) is 11.7. The highest BCUT2D eigenvalue weighted by Crippen LogP contribution is 2.29. The monoisotopic (exact) mass is 481 g/mol. The zero-order valence-electron chi connectivity index (χ0n) is 20.5. The second-order valence-electron chi connectivity index (χ2n) is 8.71. The fourth-order valence-electron chi connectivity index (χ4n) is 4.60. The summed E-state index contributed by atoms with van der Waals surface area (Å²) in [5, 5.41) is 10.1. The summed E-state index contributed by atoms with van der Waals surface area (Å²) in [6.45, 7) is 5.48. The van der Waals surface area contributed by atoms with E-state index in [0.717, 1.165) is 28.5 Å². The SMILES string of the molecule is CCc1cccc2c(C(=O)C(OC(=O)CCc3c(C)[nH]c(=O)c(C#N)c3C)c3ccccc3)c[nH]c12. The van der Waals surface area contributed by atoms with Crippen LogP contribution < -0.4 is 5.56 Å². The number of pyridine rings is 1. The molecule has 182 valence electrons. The van der Waals surface area contributed by atoms with E-state index in [2.05, 4.69) is 16.9 Å². The first-order valence-corrected chi connectivity index (χ1v) is 11.9. The molecule has 0 saturated carbocycles. The van der Waals surface area contributed by atoms with Crippen molar-refractivity contribution in [2.75, 3.05) is 0 Å². The minimum atomic E-state index is -1.10. The molecule has 4 aromatic rings. The van der Waals surface area contributed by atoms with Crippen molar-refractivity contribution in [3.8, 4) is 6.07 Å². The number of Topliss-reactive ketones (excluding diaryl/α,β-unsaturated/α-hetero) is 1. The van der Waals surface area contributed by atoms with E-state index in [0.29, 0.717) is 22.4 Å². The molecular weight excluding hydrogens is 454 g/mol. The standard InChI is InChI=1S/C29H27N3O4/c1-4-19-11-8-12-22-24(16-31-26(19)22)27(34)28(20-9-6-5-7-10-20)36-25(33)14-13-21-17(2)23(15-30)29(35)32-18(21)3/h5-12,16,28,31H,4,13-14H2,1-3H3,(H,32,35). The van der Waals surface area contributed by atoms with Crippen LogP contribution in [0.4, 0.5) is 0 Å². The van der Waals surface area contributed by atoms with E-state index >= 15 is 0 Å². The number of rotatable bonds is 8. The number of hydrogen-bond donors (Lipinski definition) is 2. The van der Waals surface area contributed by atoms with Crippen LogP contribution in [0.3, 0.4) is 0 Å². The maximum absolute atomic E-state index is 13.7. The van der Waals surface area contributed by atoms with Gasteiger partial charge in [-0.25, -0.2) is 0 Å². The number of para-hydroxylation sites is 1. The molecule has 0 saturated heterocycles. The van der Waals surface area contributed by atoms with Gasteiger partial charge in [-0.2, -0.15) is 5.26 Å². The van der Waals surface area contributed by atoms with Crippen LogP contribution >= 0.6 is 0 Å². The van der Waals surface area contributed by atoms with Crippen molar-refractivity contribution in [1.29, 1.82) is 5.26 Å². The molecule has 0 spiro atoms. The fourth-order valence-corrected chi connectivity index (χ4v) is 4.60. The third-order valence-corrected chi connectivity index (χ3v) is 6.54. The van der Waals surface area contributed by atoms with Gasteiger partial charge in [0.05, 0.1) is 0 Å². The number of nitrogens with one attached hydrogen (secondary N) is 2. The van der Waals surface area contributed by atoms with Gasteiger partial charge in [0.15, 0.2) is 6.10 Å². The lowest BCUT2D eigenvalue weighted by Gasteiger charge is -2.18. The van der Waals surface area contributed by atoms with Crippen molar-refractivity contribution < 1.29 is 14.3 Å². The molecule has 2 aromatic carbocycles. The first-order chi connectivity index (χ1) is 17.3. The van der Waals surface area contributed by atoms with E-state index in [-0.39, 0.29) is 24.2 Å². The Morgan fingerprint density at radius 3 is 2.53 bits per heavy atom. The Bertz CT molecular complexity index is 1540. The number of ketones is 1. The molecule has 0 radical (unpaired) electrons. The molecule has 7 heteroatoms. The van der Waals surface area contributed by atoms with Crippen molar-refractivity contribution in [1.82, 2.24) is 9.97 Å². The molecule has 7 nitrogen and oxygen atoms in total. The zero-order valence-corrected chi connectivity index (χ0v) is 20.5. The van der Waals surface area contributed by atoms with E-state index in [1.54, 1.807) is 44.3 Å². The van der Waals surface area contributed by atoms with Crippen LogP contribution in [0.5, 0.6) is 0 Å². The minimum Gasteiger partial charge on any atom is -0.449 e. The number of fused-ring (bicyclic) bond motifs is 1. The second kappa shape index (κ2) is 10.4. The Kier molecular flexibility index (Phi) is 7.16. The predicted molar refractivity (Wildman–Crippen MR) is 137 cm³/mol. The summed E-state index contributed by atoms with van der Waals surface area (Å²) in [6.07, 6.45) is 1.65. The van der Waals surface area contributed by atoms with Crippen LogP contribution in [-0.2, 0) is 22.4 Å². The highest BCUT2D eigenvalue weighted by molar-refractivity contribution is 6.11. The number of H-pyrrole nitrogens is 2. The van der Waals surface area contributed by atoms with Gasteiger partial charge >= 0.3 is 5.97 Å². The molecule has 0 bridgehead atoms. The molecule has 0 amide bonds. The Balaban J connectivity index is 1.61. The van der Waals surface area contributed by atoms with Gasteiger partial charge in [-0.15, -0.1) is 0 Å². The molecule has 4 rings (SSSR count). The summed E-state index contributed by atoms with van der Waals surface area (Å²) in [7, 11) is 0. The highest BCUT2D eigenvalue weighted by atomic mass is 16.5. The number of benzene rings is 2. The van der Waals surface area contributed by atoms with Crippen LogP contribution in [0.1, 0.15) is 63.3 Å². The van der Waals surface area contributed by atoms with Gasteiger partial charge in [-0.3, -0.25) is 14.4 Å². The van der Waals surface area contributed by atoms with Gasteiger partial charge in [-0.1, -0.05) is 55.5 Å². The van der Waals surface area contributed by atoms with Crippen LogP contribution in [0.2, 0.25) is 0 Å². The average molecular weight is 482 g/mol. The lowest BCUT2D eigenvalue weighted by atomic mass is 9.97. The maximum atomic E-state index is 13.7. The molecule has 0 fully saturated rings. The minimum absolute atomic E-state index is 0.0108. The van der Waals surface area contributed by atoms with E-state index in [1.807, 2.05) is 30.3 Å². The number of aromatic nitrogens is 2. The first kappa shape index (κ1) is 24.7. The fraction of sp³-hybridized carbons (Fsp3) is 0.241. The lowest BCUT2D eigenvalue weighted by molar-refractivity contribution is -0.147. The Hall–Kier alpha value is -4.44. The number of carbonyl (C=O) groups is 2. The Morgan fingerprint density at radius 1 is 1.08 bits per heavy atom. The molecule has 0 aliphatic carbocycles. The lowest BCUT2D eigenvalue weighted by Crippen LogP contribution is -2.21. The molecule has 1 atom stereocenters. The zero-order chi connectivity index (χ0) is 25.8. The summed E-state index contributed by atoms with van der Waals surface area (Å²) in [6, 6.07) is 16.7. The number of nitrogens with zero attached hydrogens (tertiary/aromatic N) is 1. The molecule has 36 heavy (non-hydrogen) atoms. The number of carbonyl (C=O) groups excluding carboxylic acids is 2. The van der Waals surface area contributed by atoms with Crippen molar-refractivity contribution in [3.63, 3.8) is 0 Å². The van der Waals surface area contributed by atoms with E-state index in [1.165, 1.54) is 0 Å². The summed E-state index contributed by atoms with van der Waals surface area (Å²) >= 11 is 0. The molecule has 0 aliphatic heterocycles. The molecule has 2 heterocycles. The van der Waals surface area contributed by atoms with Crippen molar-refractivity contribution >= 4 is 22.7 Å². The van der Waals surface area contributed by atoms with Crippen molar-refractivity contribution in [3.05, 3.63) is 104 Å². The van der Waals surface area contributed by atoms with Crippen LogP contribution in [0.15, 0.2) is 59.5 Å². The van der Waals surface area contributed by atoms with Gasteiger partial charge in [0.2, 0.25) is 5.78 Å². The van der Waals surface area contributed by atoms with Crippen LogP contribution in [-0.4, -0.2) is 21.7 Å². The predicted octanol–water partition coefficient (Wildman–Crippen LogP) is 5.01. The largest absolute Gasteiger partial charge is 0.449 e. The number of aromatic amines is 2. The summed E-state index contributed by atoms with van der Waals surface area (Å²) in [5.41, 5.74) is 4.51. The van der Waals surface area contributed by atoms with E-state index in [9.17, 15) is 19.6 Å². The van der Waals surface area contributed by atoms with Gasteiger partial charge < -0.3 is 14.7 Å². The third-order valence-electron chi connectivity index (χ3n) is 6.54. The van der Waals surface area contributed by atoms with Gasteiger partial charge in [0.1, 0.15) is 11.6 Å². The van der Waals surface area contributed by atoms with Crippen LogP contribution in [0.25, 0.3) is 10.9 Å². The summed E-state index contributed by atoms with van der Waals surface area (Å²) in [5.74, 6) is -0.855. The Labute approximate surface area is 208 Å². The number of nitriles is 1. The number of aryl methyl sites for hydroxylation is 2. The first-order valence-electron chi connectivity index (χ1n) is 11.9. The second-order valence-corrected chi connectivity index (χ2v) is 8.71.